The van der Waals surface area contributed by atoms with Crippen LogP contribution in [0.1, 0.15) is 38.3 Å². The zero-order chi connectivity index (χ0) is 13.2. The molecule has 4 nitrogen and oxygen atoms in total. The predicted molar refractivity (Wildman–Crippen MR) is 72.9 cm³/mol. The molecular formula is C14H24N2O2. The average molecular weight is 252 g/mol. The topological polar surface area (TPSA) is 43.4 Å². The highest BCUT2D eigenvalue weighted by atomic mass is 16.5. The Bertz CT molecular complexity index is 331. The van der Waals surface area contributed by atoms with Crippen LogP contribution in [0.4, 0.5) is 0 Å². The summed E-state index contributed by atoms with van der Waals surface area (Å²) in [5, 5.41) is 3.24. The highest BCUT2D eigenvalue weighted by Crippen LogP contribution is 2.18. The van der Waals surface area contributed by atoms with E-state index in [4.69, 9.17) is 9.47 Å². The van der Waals surface area contributed by atoms with Crippen molar-refractivity contribution < 1.29 is 9.47 Å². The number of rotatable bonds is 9. The molecule has 0 fully saturated rings. The maximum absolute atomic E-state index is 5.59. The quantitative estimate of drug-likeness (QED) is 0.686. The highest BCUT2D eigenvalue weighted by Gasteiger charge is 2.10. The molecule has 1 N–H and O–H groups in total. The van der Waals surface area contributed by atoms with Crippen molar-refractivity contribution >= 4 is 0 Å². The van der Waals surface area contributed by atoms with Gasteiger partial charge in [-0.15, -0.1) is 0 Å². The molecule has 0 aliphatic rings. The normalized spacial score (nSPS) is 12.4. The summed E-state index contributed by atoms with van der Waals surface area (Å²) in [5.41, 5.74) is 1.10. The average Bonchev–Trinajstić information content (AvgIpc) is 2.42. The van der Waals surface area contributed by atoms with E-state index in [1.807, 2.05) is 19.3 Å². The van der Waals surface area contributed by atoms with E-state index in [0.29, 0.717) is 6.61 Å². The predicted octanol–water partition coefficient (Wildman–Crippen LogP) is 2.56. The molecule has 0 saturated heterocycles. The van der Waals surface area contributed by atoms with Gasteiger partial charge in [0.25, 0.3) is 0 Å². The smallest absolute Gasteiger partial charge is 0.137 e. The molecule has 18 heavy (non-hydrogen) atoms. The van der Waals surface area contributed by atoms with Crippen LogP contribution in [0, 0.1) is 0 Å². The number of hydrogen-bond acceptors (Lipinski definition) is 4. The van der Waals surface area contributed by atoms with Gasteiger partial charge in [-0.2, -0.15) is 0 Å². The van der Waals surface area contributed by atoms with Gasteiger partial charge in [-0.1, -0.05) is 13.8 Å². The molecular weight excluding hydrogens is 228 g/mol. The van der Waals surface area contributed by atoms with Crippen molar-refractivity contribution in [2.24, 2.45) is 0 Å². The van der Waals surface area contributed by atoms with Gasteiger partial charge in [0, 0.05) is 12.8 Å². The molecule has 1 unspecified atom stereocenters. The van der Waals surface area contributed by atoms with Crippen LogP contribution in [0.25, 0.3) is 0 Å². The van der Waals surface area contributed by atoms with E-state index in [1.54, 1.807) is 6.20 Å². The zero-order valence-corrected chi connectivity index (χ0v) is 11.6. The van der Waals surface area contributed by atoms with Crippen LogP contribution >= 0.6 is 0 Å². The zero-order valence-electron chi connectivity index (χ0n) is 11.6. The fourth-order valence-corrected chi connectivity index (χ4v) is 1.62. The second-order valence-corrected chi connectivity index (χ2v) is 4.22. The van der Waals surface area contributed by atoms with Crippen molar-refractivity contribution in [3.8, 4) is 5.75 Å². The van der Waals surface area contributed by atoms with Gasteiger partial charge in [0.2, 0.25) is 0 Å². The Hall–Kier alpha value is -1.13. The van der Waals surface area contributed by atoms with E-state index < -0.39 is 0 Å². The van der Waals surface area contributed by atoms with Crippen LogP contribution in [-0.4, -0.2) is 31.9 Å². The van der Waals surface area contributed by atoms with Gasteiger partial charge in [0.05, 0.1) is 25.5 Å². The molecule has 0 bridgehead atoms. The van der Waals surface area contributed by atoms with E-state index in [1.165, 1.54) is 0 Å². The molecule has 1 heterocycles. The summed E-state index contributed by atoms with van der Waals surface area (Å²) in [6.45, 7) is 6.37. The molecule has 1 aromatic rings. The molecule has 0 radical (unpaired) electrons. The number of nitrogens with one attached hydrogen (secondary N) is 1. The van der Waals surface area contributed by atoms with E-state index in [9.17, 15) is 0 Å². The minimum atomic E-state index is 0.161. The Morgan fingerprint density at radius 2 is 2.00 bits per heavy atom. The lowest BCUT2D eigenvalue weighted by atomic mass is 10.1. The van der Waals surface area contributed by atoms with Crippen LogP contribution in [0.15, 0.2) is 18.5 Å². The number of ether oxygens (including phenoxy) is 2. The van der Waals surface area contributed by atoms with Gasteiger partial charge in [-0.25, -0.2) is 0 Å². The number of hydrogen-bond donors (Lipinski definition) is 1. The Morgan fingerprint density at radius 3 is 2.67 bits per heavy atom. The largest absolute Gasteiger partial charge is 0.492 e. The molecule has 102 valence electrons. The standard InChI is InChI=1S/C14H24N2O2/c1-4-6-17-11-14(15-3)12-8-13(10-16-9-12)18-7-5-2/h8-10,14-15H,4-7,11H2,1-3H3. The van der Waals surface area contributed by atoms with Crippen molar-refractivity contribution in [2.75, 3.05) is 26.9 Å². The third-order valence-corrected chi connectivity index (χ3v) is 2.59. The third-order valence-electron chi connectivity index (χ3n) is 2.59. The summed E-state index contributed by atoms with van der Waals surface area (Å²) in [6.07, 6.45) is 5.64. The Morgan fingerprint density at radius 1 is 1.22 bits per heavy atom. The summed E-state index contributed by atoms with van der Waals surface area (Å²) in [4.78, 5) is 4.21. The fourth-order valence-electron chi connectivity index (χ4n) is 1.62. The molecule has 0 saturated carbocycles. The van der Waals surface area contributed by atoms with Crippen molar-refractivity contribution in [2.45, 2.75) is 32.7 Å². The molecule has 1 rings (SSSR count). The van der Waals surface area contributed by atoms with Gasteiger partial charge < -0.3 is 14.8 Å². The molecule has 0 aromatic carbocycles. The lowest BCUT2D eigenvalue weighted by Crippen LogP contribution is -2.22. The van der Waals surface area contributed by atoms with E-state index >= 15 is 0 Å². The van der Waals surface area contributed by atoms with Crippen LogP contribution < -0.4 is 10.1 Å². The van der Waals surface area contributed by atoms with Gasteiger partial charge in [-0.05, 0) is 31.5 Å². The Balaban J connectivity index is 2.60. The van der Waals surface area contributed by atoms with Crippen molar-refractivity contribution in [1.29, 1.82) is 0 Å². The van der Waals surface area contributed by atoms with E-state index in [2.05, 4.69) is 24.1 Å². The highest BCUT2D eigenvalue weighted by molar-refractivity contribution is 5.26. The first-order valence-electron chi connectivity index (χ1n) is 6.64. The Labute approximate surface area is 110 Å². The first-order chi connectivity index (χ1) is 8.81. The van der Waals surface area contributed by atoms with Crippen LogP contribution in [0.3, 0.4) is 0 Å². The summed E-state index contributed by atoms with van der Waals surface area (Å²) in [6, 6.07) is 2.19. The van der Waals surface area contributed by atoms with E-state index in [-0.39, 0.29) is 6.04 Å². The molecule has 1 aromatic heterocycles. The number of likely N-dealkylation sites (N-methyl/N-ethyl adjacent to an activating group) is 1. The molecule has 0 aliphatic carbocycles. The van der Waals surface area contributed by atoms with Crippen molar-refractivity contribution in [1.82, 2.24) is 10.3 Å². The third kappa shape index (κ3) is 5.02. The minimum Gasteiger partial charge on any atom is -0.492 e. The summed E-state index contributed by atoms with van der Waals surface area (Å²) in [5.74, 6) is 0.824. The van der Waals surface area contributed by atoms with Gasteiger partial charge in [0.1, 0.15) is 5.75 Å². The summed E-state index contributed by atoms with van der Waals surface area (Å²) in [7, 11) is 1.93. The molecule has 4 heteroatoms. The van der Waals surface area contributed by atoms with E-state index in [0.717, 1.165) is 37.4 Å². The molecule has 0 amide bonds. The maximum Gasteiger partial charge on any atom is 0.137 e. The first-order valence-corrected chi connectivity index (χ1v) is 6.64. The van der Waals surface area contributed by atoms with Crippen LogP contribution in [0.5, 0.6) is 5.75 Å². The second-order valence-electron chi connectivity index (χ2n) is 4.22. The molecule has 0 aliphatic heterocycles. The molecule has 0 spiro atoms. The Kier molecular flexibility index (Phi) is 7.37. The van der Waals surface area contributed by atoms with Gasteiger partial charge in [0.15, 0.2) is 0 Å². The number of pyridine rings is 1. The monoisotopic (exact) mass is 252 g/mol. The number of nitrogens with zero attached hydrogens (tertiary/aromatic N) is 1. The van der Waals surface area contributed by atoms with Crippen molar-refractivity contribution in [3.05, 3.63) is 24.0 Å². The summed E-state index contributed by atoms with van der Waals surface area (Å²) < 4.78 is 11.2. The van der Waals surface area contributed by atoms with Crippen LogP contribution in [-0.2, 0) is 4.74 Å². The fraction of sp³-hybridized carbons (Fsp3) is 0.643. The molecule has 1 atom stereocenters. The number of aromatic nitrogens is 1. The lowest BCUT2D eigenvalue weighted by Gasteiger charge is -2.17. The second kappa shape index (κ2) is 8.89. The van der Waals surface area contributed by atoms with Crippen molar-refractivity contribution in [3.63, 3.8) is 0 Å². The maximum atomic E-state index is 5.59. The minimum absolute atomic E-state index is 0.161. The lowest BCUT2D eigenvalue weighted by molar-refractivity contribution is 0.114. The van der Waals surface area contributed by atoms with Crippen LogP contribution in [0.2, 0.25) is 0 Å². The summed E-state index contributed by atoms with van der Waals surface area (Å²) >= 11 is 0. The van der Waals surface area contributed by atoms with Gasteiger partial charge >= 0.3 is 0 Å². The SMILES string of the molecule is CCCOCC(NC)c1cncc(OCCC)c1. The first kappa shape index (κ1) is 14.9. The van der Waals surface area contributed by atoms with Gasteiger partial charge in [-0.3, -0.25) is 4.98 Å².